The molecule has 2 rings (SSSR count). The van der Waals surface area contributed by atoms with Gasteiger partial charge in [0.2, 0.25) is 5.91 Å². The van der Waals surface area contributed by atoms with E-state index in [1.54, 1.807) is 4.90 Å². The number of nitrogens with two attached hydrogens (primary N) is 1. The second kappa shape index (κ2) is 6.68. The van der Waals surface area contributed by atoms with E-state index < -0.39 is 6.04 Å². The zero-order valence-electron chi connectivity index (χ0n) is 11.9. The minimum atomic E-state index is -0.556. The van der Waals surface area contributed by atoms with Gasteiger partial charge in [-0.25, -0.2) is 0 Å². The number of carbonyl (C=O) groups excluding carboxylic acids is 1. The molecule has 0 aliphatic heterocycles. The molecule has 20 heavy (non-hydrogen) atoms. The predicted molar refractivity (Wildman–Crippen MR) is 83.5 cm³/mol. The highest BCUT2D eigenvalue weighted by atomic mass is 32.1. The van der Waals surface area contributed by atoms with Crippen LogP contribution in [-0.4, -0.2) is 17.4 Å². The predicted octanol–water partition coefficient (Wildman–Crippen LogP) is 3.11. The van der Waals surface area contributed by atoms with Crippen molar-refractivity contribution in [3.05, 3.63) is 57.8 Å². The molecule has 1 amide bonds. The molecular weight excluding hydrogens is 268 g/mol. The Labute approximate surface area is 124 Å². The van der Waals surface area contributed by atoms with Crippen LogP contribution in [0.4, 0.5) is 0 Å². The third-order valence-corrected chi connectivity index (χ3v) is 4.22. The molecule has 0 spiro atoms. The Balaban J connectivity index is 2.10. The van der Waals surface area contributed by atoms with Gasteiger partial charge in [0.05, 0.1) is 0 Å². The Morgan fingerprint density at radius 3 is 2.75 bits per heavy atom. The summed E-state index contributed by atoms with van der Waals surface area (Å²) in [6.07, 6.45) is 0. The van der Waals surface area contributed by atoms with Gasteiger partial charge in [0.25, 0.3) is 0 Å². The number of aryl methyl sites for hydroxylation is 1. The molecular formula is C16H20N2OS. The molecule has 1 heterocycles. The van der Waals surface area contributed by atoms with Gasteiger partial charge in [-0.3, -0.25) is 4.79 Å². The number of nitrogens with zero attached hydrogens (tertiary/aromatic N) is 1. The van der Waals surface area contributed by atoms with Crippen molar-refractivity contribution in [2.75, 3.05) is 6.54 Å². The van der Waals surface area contributed by atoms with E-state index in [-0.39, 0.29) is 5.91 Å². The summed E-state index contributed by atoms with van der Waals surface area (Å²) in [5.74, 6) is -0.0172. The van der Waals surface area contributed by atoms with Gasteiger partial charge in [0.1, 0.15) is 6.04 Å². The van der Waals surface area contributed by atoms with E-state index in [0.717, 1.165) is 10.4 Å². The first kappa shape index (κ1) is 14.8. The molecule has 1 atom stereocenters. The second-order valence-electron chi connectivity index (χ2n) is 4.83. The van der Waals surface area contributed by atoms with Crippen molar-refractivity contribution >= 4 is 17.2 Å². The lowest BCUT2D eigenvalue weighted by molar-refractivity contribution is -0.133. The smallest absolute Gasteiger partial charge is 0.245 e. The molecule has 0 bridgehead atoms. The lowest BCUT2D eigenvalue weighted by atomic mass is 10.1. The van der Waals surface area contributed by atoms with E-state index in [9.17, 15) is 4.79 Å². The van der Waals surface area contributed by atoms with Crippen LogP contribution in [0.25, 0.3) is 0 Å². The number of thiophene rings is 1. The summed E-state index contributed by atoms with van der Waals surface area (Å²) >= 11 is 1.52. The molecule has 0 saturated heterocycles. The van der Waals surface area contributed by atoms with Gasteiger partial charge in [-0.2, -0.15) is 0 Å². The minimum Gasteiger partial charge on any atom is -0.337 e. The quantitative estimate of drug-likeness (QED) is 0.919. The maximum Gasteiger partial charge on any atom is 0.245 e. The van der Waals surface area contributed by atoms with Crippen LogP contribution >= 0.6 is 11.3 Å². The molecule has 2 N–H and O–H groups in total. The average molecular weight is 288 g/mol. The molecule has 0 fully saturated rings. The lowest BCUT2D eigenvalue weighted by Crippen LogP contribution is -2.37. The van der Waals surface area contributed by atoms with Gasteiger partial charge in [0.15, 0.2) is 0 Å². The molecule has 1 unspecified atom stereocenters. The van der Waals surface area contributed by atoms with E-state index in [4.69, 9.17) is 5.73 Å². The Hall–Kier alpha value is -1.65. The van der Waals surface area contributed by atoms with Gasteiger partial charge in [0, 0.05) is 18.0 Å². The summed E-state index contributed by atoms with van der Waals surface area (Å²) in [6, 6.07) is 11.5. The van der Waals surface area contributed by atoms with E-state index in [2.05, 4.69) is 19.1 Å². The summed E-state index contributed by atoms with van der Waals surface area (Å²) in [7, 11) is 0. The molecule has 2 aromatic rings. The van der Waals surface area contributed by atoms with Crippen LogP contribution in [0.3, 0.4) is 0 Å². The van der Waals surface area contributed by atoms with Crippen LogP contribution in [-0.2, 0) is 11.3 Å². The maximum atomic E-state index is 12.5. The third-order valence-electron chi connectivity index (χ3n) is 3.27. The number of hydrogen-bond donors (Lipinski definition) is 1. The normalized spacial score (nSPS) is 12.2. The van der Waals surface area contributed by atoms with E-state index >= 15 is 0 Å². The van der Waals surface area contributed by atoms with Crippen LogP contribution in [0.2, 0.25) is 0 Å². The minimum absolute atomic E-state index is 0.0172. The topological polar surface area (TPSA) is 46.3 Å². The standard InChI is InChI=1S/C16H20N2OS/c1-3-18(11-13-7-4-6-12(2)10-13)16(19)15(17)14-8-5-9-20-14/h4-10,15H,3,11,17H2,1-2H3. The van der Waals surface area contributed by atoms with Crippen LogP contribution in [0.5, 0.6) is 0 Å². The highest BCUT2D eigenvalue weighted by molar-refractivity contribution is 7.10. The zero-order chi connectivity index (χ0) is 14.5. The summed E-state index contributed by atoms with van der Waals surface area (Å²) in [5, 5.41) is 1.94. The molecule has 0 radical (unpaired) electrons. The monoisotopic (exact) mass is 288 g/mol. The van der Waals surface area contributed by atoms with Crippen molar-refractivity contribution in [1.29, 1.82) is 0 Å². The molecule has 0 aliphatic carbocycles. The number of carbonyl (C=O) groups is 1. The van der Waals surface area contributed by atoms with E-state index in [1.165, 1.54) is 16.9 Å². The van der Waals surface area contributed by atoms with Gasteiger partial charge >= 0.3 is 0 Å². The number of hydrogen-bond acceptors (Lipinski definition) is 3. The van der Waals surface area contributed by atoms with Crippen LogP contribution < -0.4 is 5.73 Å². The summed E-state index contributed by atoms with van der Waals surface area (Å²) in [5.41, 5.74) is 8.40. The van der Waals surface area contributed by atoms with Crippen molar-refractivity contribution in [2.45, 2.75) is 26.4 Å². The summed E-state index contributed by atoms with van der Waals surface area (Å²) in [6.45, 7) is 5.30. The van der Waals surface area contributed by atoms with Crippen LogP contribution in [0.1, 0.15) is 29.0 Å². The Morgan fingerprint density at radius 2 is 2.15 bits per heavy atom. The van der Waals surface area contributed by atoms with Crippen molar-refractivity contribution in [3.63, 3.8) is 0 Å². The summed E-state index contributed by atoms with van der Waals surface area (Å²) < 4.78 is 0. The number of rotatable bonds is 5. The van der Waals surface area contributed by atoms with Gasteiger partial charge < -0.3 is 10.6 Å². The van der Waals surface area contributed by atoms with Crippen molar-refractivity contribution in [3.8, 4) is 0 Å². The fraction of sp³-hybridized carbons (Fsp3) is 0.312. The second-order valence-corrected chi connectivity index (χ2v) is 5.81. The number of benzene rings is 1. The number of likely N-dealkylation sites (N-methyl/N-ethyl adjacent to an activating group) is 1. The highest BCUT2D eigenvalue weighted by Crippen LogP contribution is 2.20. The van der Waals surface area contributed by atoms with Crippen molar-refractivity contribution < 1.29 is 4.79 Å². The molecule has 4 heteroatoms. The molecule has 106 valence electrons. The first-order chi connectivity index (χ1) is 9.61. The largest absolute Gasteiger partial charge is 0.337 e. The van der Waals surface area contributed by atoms with Crippen LogP contribution in [0.15, 0.2) is 41.8 Å². The Morgan fingerprint density at radius 1 is 1.35 bits per heavy atom. The van der Waals surface area contributed by atoms with Gasteiger partial charge in [-0.15, -0.1) is 11.3 Å². The SMILES string of the molecule is CCN(Cc1cccc(C)c1)C(=O)C(N)c1cccs1. The van der Waals surface area contributed by atoms with Crippen LogP contribution in [0, 0.1) is 6.92 Å². The summed E-state index contributed by atoms with van der Waals surface area (Å²) in [4.78, 5) is 15.2. The van der Waals surface area contributed by atoms with Crippen molar-refractivity contribution in [1.82, 2.24) is 4.90 Å². The molecule has 1 aromatic carbocycles. The van der Waals surface area contributed by atoms with Crippen molar-refractivity contribution in [2.24, 2.45) is 5.73 Å². The molecule has 3 nitrogen and oxygen atoms in total. The molecule has 0 aliphatic rings. The lowest BCUT2D eigenvalue weighted by Gasteiger charge is -2.24. The fourth-order valence-electron chi connectivity index (χ4n) is 2.16. The first-order valence-electron chi connectivity index (χ1n) is 6.75. The first-order valence-corrected chi connectivity index (χ1v) is 7.63. The van der Waals surface area contributed by atoms with E-state index in [0.29, 0.717) is 13.1 Å². The molecule has 1 aromatic heterocycles. The maximum absolute atomic E-state index is 12.5. The third kappa shape index (κ3) is 3.46. The average Bonchev–Trinajstić information content (AvgIpc) is 2.97. The van der Waals surface area contributed by atoms with Gasteiger partial charge in [-0.1, -0.05) is 35.9 Å². The molecule has 0 saturated carbocycles. The van der Waals surface area contributed by atoms with Gasteiger partial charge in [-0.05, 0) is 30.9 Å². The fourth-order valence-corrected chi connectivity index (χ4v) is 2.88. The number of amides is 1. The Bertz CT molecular complexity index is 566. The Kier molecular flexibility index (Phi) is 4.93. The highest BCUT2D eigenvalue weighted by Gasteiger charge is 2.22. The zero-order valence-corrected chi connectivity index (χ0v) is 12.7. The van der Waals surface area contributed by atoms with E-state index in [1.807, 2.05) is 36.6 Å².